The quantitative estimate of drug-likeness (QED) is 0.869. The highest BCUT2D eigenvalue weighted by Gasteiger charge is 2.25. The minimum Gasteiger partial charge on any atom is -0.392 e. The van der Waals surface area contributed by atoms with Crippen molar-refractivity contribution in [3.8, 4) is 0 Å². The van der Waals surface area contributed by atoms with E-state index in [1.54, 1.807) is 6.07 Å². The Kier molecular flexibility index (Phi) is 5.12. The minimum atomic E-state index is -3.58. The van der Waals surface area contributed by atoms with Crippen LogP contribution >= 0.6 is 0 Å². The first kappa shape index (κ1) is 15.4. The van der Waals surface area contributed by atoms with E-state index >= 15 is 0 Å². The predicted octanol–water partition coefficient (Wildman–Crippen LogP) is 1.82. The van der Waals surface area contributed by atoms with Gasteiger partial charge in [0.2, 0.25) is 0 Å². The van der Waals surface area contributed by atoms with Crippen LogP contribution in [0.25, 0.3) is 0 Å². The molecular weight excluding hydrogens is 276 g/mol. The third-order valence-electron chi connectivity index (χ3n) is 3.95. The fraction of sp³-hybridized carbons (Fsp3) is 0.643. The second-order valence-electron chi connectivity index (χ2n) is 5.47. The molecule has 5 nitrogen and oxygen atoms in total. The summed E-state index contributed by atoms with van der Waals surface area (Å²) in [6.07, 6.45) is 7.17. The van der Waals surface area contributed by atoms with E-state index in [1.807, 2.05) is 6.92 Å². The number of aliphatic hydroxyl groups is 1. The Balaban J connectivity index is 2.05. The smallest absolute Gasteiger partial charge is 0.258 e. The molecule has 0 radical (unpaired) electrons. The number of hydrogen-bond acceptors (Lipinski definition) is 4. The number of nitrogens with one attached hydrogen (secondary N) is 1. The Labute approximate surface area is 120 Å². The van der Waals surface area contributed by atoms with Gasteiger partial charge in [-0.2, -0.15) is 0 Å². The van der Waals surface area contributed by atoms with Crippen LogP contribution in [0.4, 0.5) is 0 Å². The van der Waals surface area contributed by atoms with Gasteiger partial charge >= 0.3 is 0 Å². The first-order valence-corrected chi connectivity index (χ1v) is 8.59. The van der Waals surface area contributed by atoms with Crippen LogP contribution < -0.4 is 4.72 Å². The van der Waals surface area contributed by atoms with Gasteiger partial charge in [-0.05, 0) is 37.3 Å². The zero-order chi connectivity index (χ0) is 14.6. The molecule has 1 aromatic rings. The third-order valence-corrected chi connectivity index (χ3v) is 5.43. The average molecular weight is 298 g/mol. The molecule has 6 heteroatoms. The molecule has 1 aliphatic carbocycles. The van der Waals surface area contributed by atoms with Gasteiger partial charge in [-0.25, -0.2) is 18.1 Å². The molecule has 1 aliphatic rings. The first-order chi connectivity index (χ1) is 9.53. The van der Waals surface area contributed by atoms with Crippen molar-refractivity contribution < 1.29 is 13.5 Å². The second-order valence-corrected chi connectivity index (χ2v) is 7.13. The topological polar surface area (TPSA) is 79.3 Å². The van der Waals surface area contributed by atoms with E-state index in [9.17, 15) is 8.42 Å². The monoisotopic (exact) mass is 298 g/mol. The zero-order valence-electron chi connectivity index (χ0n) is 11.7. The van der Waals surface area contributed by atoms with Crippen molar-refractivity contribution in [1.82, 2.24) is 9.71 Å². The number of pyridine rings is 1. The van der Waals surface area contributed by atoms with Gasteiger partial charge < -0.3 is 5.11 Å². The van der Waals surface area contributed by atoms with Gasteiger partial charge in [0.1, 0.15) is 0 Å². The Morgan fingerprint density at radius 3 is 2.60 bits per heavy atom. The van der Waals surface area contributed by atoms with Gasteiger partial charge in [0.25, 0.3) is 10.0 Å². The molecule has 1 aromatic heterocycles. The van der Waals surface area contributed by atoms with E-state index in [0.717, 1.165) is 12.8 Å². The summed E-state index contributed by atoms with van der Waals surface area (Å²) in [4.78, 5) is 3.91. The molecule has 2 rings (SSSR count). The Hall–Kier alpha value is -0.980. The SMILES string of the molecule is CC(NS(=O)(=O)c1ccc(CO)cn1)C1CCCCC1. The number of nitrogens with zero attached hydrogens (tertiary/aromatic N) is 1. The van der Waals surface area contributed by atoms with E-state index in [4.69, 9.17) is 5.11 Å². The molecule has 1 unspecified atom stereocenters. The molecule has 0 amide bonds. The first-order valence-electron chi connectivity index (χ1n) is 7.11. The van der Waals surface area contributed by atoms with Gasteiger partial charge in [0.15, 0.2) is 5.03 Å². The van der Waals surface area contributed by atoms with Crippen LogP contribution in [0.2, 0.25) is 0 Å². The number of hydrogen-bond donors (Lipinski definition) is 2. The van der Waals surface area contributed by atoms with Crippen molar-refractivity contribution >= 4 is 10.0 Å². The average Bonchev–Trinajstić information content (AvgIpc) is 2.48. The summed E-state index contributed by atoms with van der Waals surface area (Å²) in [6, 6.07) is 2.94. The Bertz CT molecular complexity index is 522. The summed E-state index contributed by atoms with van der Waals surface area (Å²) >= 11 is 0. The third kappa shape index (κ3) is 3.77. The molecule has 0 spiro atoms. The van der Waals surface area contributed by atoms with Gasteiger partial charge in [0, 0.05) is 12.2 Å². The van der Waals surface area contributed by atoms with Crippen LogP contribution in [0.1, 0.15) is 44.6 Å². The van der Waals surface area contributed by atoms with Crippen LogP contribution in [0.5, 0.6) is 0 Å². The maximum atomic E-state index is 12.2. The second kappa shape index (κ2) is 6.65. The molecule has 1 atom stereocenters. The summed E-state index contributed by atoms with van der Waals surface area (Å²) in [5.74, 6) is 0.412. The summed E-state index contributed by atoms with van der Waals surface area (Å²) in [5, 5.41) is 8.95. The largest absolute Gasteiger partial charge is 0.392 e. The number of rotatable bonds is 5. The molecule has 0 bridgehead atoms. The number of aliphatic hydroxyl groups excluding tert-OH is 1. The lowest BCUT2D eigenvalue weighted by molar-refractivity contribution is 0.281. The Morgan fingerprint density at radius 1 is 1.35 bits per heavy atom. The fourth-order valence-corrected chi connectivity index (χ4v) is 3.94. The van der Waals surface area contributed by atoms with E-state index in [-0.39, 0.29) is 17.7 Å². The highest BCUT2D eigenvalue weighted by atomic mass is 32.2. The van der Waals surface area contributed by atoms with E-state index < -0.39 is 10.0 Å². The molecule has 1 fully saturated rings. The van der Waals surface area contributed by atoms with Crippen molar-refractivity contribution in [2.45, 2.75) is 56.7 Å². The number of sulfonamides is 1. The molecule has 2 N–H and O–H groups in total. The molecule has 0 aliphatic heterocycles. The lowest BCUT2D eigenvalue weighted by Crippen LogP contribution is -2.39. The minimum absolute atomic E-state index is 0.0114. The van der Waals surface area contributed by atoms with E-state index in [2.05, 4.69) is 9.71 Å². The maximum absolute atomic E-state index is 12.2. The Morgan fingerprint density at radius 2 is 2.05 bits per heavy atom. The highest BCUT2D eigenvalue weighted by Crippen LogP contribution is 2.27. The van der Waals surface area contributed by atoms with Crippen LogP contribution in [0.3, 0.4) is 0 Å². The molecule has 0 saturated heterocycles. The van der Waals surface area contributed by atoms with E-state index in [1.165, 1.54) is 31.5 Å². The van der Waals surface area contributed by atoms with Crippen LogP contribution in [-0.4, -0.2) is 24.6 Å². The van der Waals surface area contributed by atoms with Crippen molar-refractivity contribution in [2.24, 2.45) is 5.92 Å². The fourth-order valence-electron chi connectivity index (χ4n) is 2.70. The standard InChI is InChI=1S/C14H22N2O3S/c1-11(13-5-3-2-4-6-13)16-20(18,19)14-8-7-12(10-17)9-15-14/h7-9,11,13,16-17H,2-6,10H2,1H3. The van der Waals surface area contributed by atoms with Crippen LogP contribution in [0.15, 0.2) is 23.4 Å². The summed E-state index contributed by atoms with van der Waals surface area (Å²) in [7, 11) is -3.58. The molecule has 1 heterocycles. The maximum Gasteiger partial charge on any atom is 0.258 e. The summed E-state index contributed by atoms with van der Waals surface area (Å²) in [5.41, 5.74) is 0.601. The zero-order valence-corrected chi connectivity index (χ0v) is 12.6. The summed E-state index contributed by atoms with van der Waals surface area (Å²) < 4.78 is 27.2. The van der Waals surface area contributed by atoms with E-state index in [0.29, 0.717) is 11.5 Å². The lowest BCUT2D eigenvalue weighted by atomic mass is 9.85. The van der Waals surface area contributed by atoms with Crippen molar-refractivity contribution in [1.29, 1.82) is 0 Å². The highest BCUT2D eigenvalue weighted by molar-refractivity contribution is 7.89. The van der Waals surface area contributed by atoms with Gasteiger partial charge in [-0.1, -0.05) is 25.3 Å². The molecule has 0 aromatic carbocycles. The van der Waals surface area contributed by atoms with Crippen molar-refractivity contribution in [2.75, 3.05) is 0 Å². The lowest BCUT2D eigenvalue weighted by Gasteiger charge is -2.27. The molecular formula is C14H22N2O3S. The van der Waals surface area contributed by atoms with Gasteiger partial charge in [0.05, 0.1) is 6.61 Å². The van der Waals surface area contributed by atoms with Crippen molar-refractivity contribution in [3.63, 3.8) is 0 Å². The van der Waals surface area contributed by atoms with Crippen LogP contribution in [-0.2, 0) is 16.6 Å². The predicted molar refractivity (Wildman–Crippen MR) is 76.5 cm³/mol. The molecule has 112 valence electrons. The molecule has 1 saturated carbocycles. The van der Waals surface area contributed by atoms with Crippen molar-refractivity contribution in [3.05, 3.63) is 23.9 Å². The normalized spacial score (nSPS) is 18.9. The van der Waals surface area contributed by atoms with Crippen LogP contribution in [0, 0.1) is 5.92 Å². The number of aromatic nitrogens is 1. The van der Waals surface area contributed by atoms with Gasteiger partial charge in [-0.15, -0.1) is 0 Å². The van der Waals surface area contributed by atoms with Gasteiger partial charge in [-0.3, -0.25) is 0 Å². The summed E-state index contributed by atoms with van der Waals surface area (Å²) in [6.45, 7) is 1.79. The molecule has 20 heavy (non-hydrogen) atoms.